The molecule has 50 heavy (non-hydrogen) atoms. The van der Waals surface area contributed by atoms with E-state index in [9.17, 15) is 24.2 Å². The molecule has 290 valence electrons. The minimum absolute atomic E-state index is 0.0323. The van der Waals surface area contributed by atoms with Crippen LogP contribution in [0.25, 0.3) is 0 Å². The number of nitrogens with zero attached hydrogens (tertiary/aromatic N) is 1. The van der Waals surface area contributed by atoms with Crippen molar-refractivity contribution < 1.29 is 37.7 Å². The van der Waals surface area contributed by atoms with Gasteiger partial charge < -0.3 is 19.8 Å². The van der Waals surface area contributed by atoms with Crippen molar-refractivity contribution in [3.05, 3.63) is 48.6 Å². The highest BCUT2D eigenvalue weighted by Crippen LogP contribution is 2.43. The van der Waals surface area contributed by atoms with Gasteiger partial charge in [0.15, 0.2) is 5.78 Å². The van der Waals surface area contributed by atoms with E-state index in [-0.39, 0.29) is 31.3 Å². The summed E-state index contributed by atoms with van der Waals surface area (Å²) >= 11 is 0. The van der Waals surface area contributed by atoms with Gasteiger partial charge in [-0.2, -0.15) is 0 Å². The number of hydrogen-bond donors (Lipinski definition) is 3. The highest BCUT2D eigenvalue weighted by Gasteiger charge is 2.27. The van der Waals surface area contributed by atoms with Crippen molar-refractivity contribution in [1.82, 2.24) is 5.32 Å². The molecular weight excluding hydrogens is 651 g/mol. The maximum Gasteiger partial charge on any atom is 0.472 e. The third kappa shape index (κ3) is 33.3. The molecule has 1 unspecified atom stereocenters. The number of phosphoric ester groups is 1. The molecule has 0 aliphatic rings. The molecule has 0 saturated heterocycles. The Labute approximate surface area is 305 Å². The van der Waals surface area contributed by atoms with Crippen LogP contribution in [0.5, 0.6) is 0 Å². The largest absolute Gasteiger partial charge is 0.472 e. The van der Waals surface area contributed by atoms with E-state index < -0.39 is 20.0 Å². The molecule has 0 fully saturated rings. The normalized spacial score (nSPS) is 15.0. The van der Waals surface area contributed by atoms with Gasteiger partial charge in [-0.3, -0.25) is 18.6 Å². The number of rotatable bonds is 34. The fourth-order valence-corrected chi connectivity index (χ4v) is 5.77. The number of carbonyl (C=O) groups is 2. The molecule has 0 saturated carbocycles. The van der Waals surface area contributed by atoms with Crippen molar-refractivity contribution in [2.24, 2.45) is 0 Å². The molecule has 10 heteroatoms. The number of ketones is 1. The summed E-state index contributed by atoms with van der Waals surface area (Å²) in [5.74, 6) is -0.125. The summed E-state index contributed by atoms with van der Waals surface area (Å²) in [6.07, 6.45) is 34.2. The summed E-state index contributed by atoms with van der Waals surface area (Å²) in [7, 11) is 1.47. The minimum Gasteiger partial charge on any atom is -0.387 e. The third-order valence-electron chi connectivity index (χ3n) is 8.25. The van der Waals surface area contributed by atoms with Gasteiger partial charge in [-0.05, 0) is 57.4 Å². The summed E-state index contributed by atoms with van der Waals surface area (Å²) in [5, 5.41) is 13.7. The fraction of sp³-hybridized carbons (Fsp3) is 0.750. The van der Waals surface area contributed by atoms with Crippen molar-refractivity contribution in [1.29, 1.82) is 0 Å². The molecule has 1 amide bonds. The number of allylic oxidation sites excluding steroid dienone is 7. The Kier molecular flexibility index (Phi) is 30.6. The fourth-order valence-electron chi connectivity index (χ4n) is 5.04. The lowest BCUT2D eigenvalue weighted by Gasteiger charge is -2.25. The topological polar surface area (TPSA) is 122 Å². The zero-order chi connectivity index (χ0) is 37.4. The Bertz CT molecular complexity index is 1020. The van der Waals surface area contributed by atoms with Crippen molar-refractivity contribution >= 4 is 19.5 Å². The number of nitrogens with one attached hydrogen (secondary N) is 1. The third-order valence-corrected chi connectivity index (χ3v) is 9.23. The summed E-state index contributed by atoms with van der Waals surface area (Å²) in [5.41, 5.74) is 0. The van der Waals surface area contributed by atoms with Crippen LogP contribution in [0.1, 0.15) is 142 Å². The van der Waals surface area contributed by atoms with Gasteiger partial charge >= 0.3 is 7.82 Å². The van der Waals surface area contributed by atoms with Crippen molar-refractivity contribution in [2.75, 3.05) is 40.9 Å². The molecule has 0 spiro atoms. The van der Waals surface area contributed by atoms with Crippen LogP contribution in [0.4, 0.5) is 0 Å². The second-order valence-corrected chi connectivity index (χ2v) is 15.8. The molecule has 0 radical (unpaired) electrons. The zero-order valence-corrected chi connectivity index (χ0v) is 33.3. The number of unbranched alkanes of at least 4 members (excludes halogenated alkanes) is 14. The first-order chi connectivity index (χ1) is 23.9. The number of likely N-dealkylation sites (N-methyl/N-ethyl adjacent to an activating group) is 1. The number of amides is 1. The molecule has 0 aromatic rings. The SMILES string of the molecule is CCCCC/C=C\C=C\C(=O)CCCCCCCC(=O)N[C@@H](COP(=O)(O)OCC[N+](C)(C)C)[C@H](O)/C=C/CC/C=C\CCCCCCCC. The lowest BCUT2D eigenvalue weighted by Crippen LogP contribution is -2.45. The van der Waals surface area contributed by atoms with E-state index in [0.29, 0.717) is 23.9 Å². The summed E-state index contributed by atoms with van der Waals surface area (Å²) in [6.45, 7) is 4.58. The Hall–Kier alpha value is -1.87. The van der Waals surface area contributed by atoms with E-state index in [1.165, 1.54) is 57.8 Å². The van der Waals surface area contributed by atoms with E-state index >= 15 is 0 Å². The van der Waals surface area contributed by atoms with Gasteiger partial charge in [-0.1, -0.05) is 121 Å². The second kappa shape index (κ2) is 31.8. The van der Waals surface area contributed by atoms with Gasteiger partial charge in [0.25, 0.3) is 0 Å². The molecule has 9 nitrogen and oxygen atoms in total. The van der Waals surface area contributed by atoms with Crippen molar-refractivity contribution in [2.45, 2.75) is 154 Å². The van der Waals surface area contributed by atoms with E-state index in [4.69, 9.17) is 9.05 Å². The Morgan fingerprint density at radius 3 is 1.98 bits per heavy atom. The molecule has 0 aliphatic carbocycles. The molecule has 0 aromatic heterocycles. The zero-order valence-electron chi connectivity index (χ0n) is 32.4. The number of carbonyl (C=O) groups excluding carboxylic acids is 2. The van der Waals surface area contributed by atoms with Gasteiger partial charge in [0.1, 0.15) is 13.2 Å². The van der Waals surface area contributed by atoms with Gasteiger partial charge in [-0.15, -0.1) is 0 Å². The van der Waals surface area contributed by atoms with Crippen LogP contribution in [0.2, 0.25) is 0 Å². The first-order valence-electron chi connectivity index (χ1n) is 19.5. The highest BCUT2D eigenvalue weighted by atomic mass is 31.2. The van der Waals surface area contributed by atoms with Crippen LogP contribution in [0, 0.1) is 0 Å². The molecular formula is C40H74N2O7P+. The molecule has 0 heterocycles. The lowest BCUT2D eigenvalue weighted by atomic mass is 10.1. The van der Waals surface area contributed by atoms with Gasteiger partial charge in [0.05, 0.1) is 39.9 Å². The summed E-state index contributed by atoms with van der Waals surface area (Å²) in [4.78, 5) is 35.0. The second-order valence-electron chi connectivity index (χ2n) is 14.3. The number of quaternary nitrogens is 1. The standard InChI is InChI=1S/C40H73N2O7P/c1-6-8-10-12-14-15-16-17-18-20-24-28-32-39(44)38(36-49-50(46,47)48-35-34-42(3,4)5)41-40(45)33-29-25-21-23-27-31-37(43)30-26-22-19-13-11-9-7-2/h17-19,22,26,28,30,32,38-39,44H,6-16,20-21,23-25,27,29,31,33-36H2,1-5H3,(H-,41,45,46,47)/p+1/b18-17-,22-19-,30-26+,32-28+/t38-,39+/m0/s1. The first kappa shape index (κ1) is 48.1. The number of phosphoric acid groups is 1. The molecule has 0 bridgehead atoms. The van der Waals surface area contributed by atoms with Crippen LogP contribution in [0.15, 0.2) is 48.6 Å². The maximum atomic E-state index is 12.8. The minimum atomic E-state index is -4.37. The van der Waals surface area contributed by atoms with Crippen LogP contribution < -0.4 is 5.32 Å². The Morgan fingerprint density at radius 1 is 0.720 bits per heavy atom. The van der Waals surface area contributed by atoms with Gasteiger partial charge in [-0.25, -0.2) is 4.57 Å². The number of aliphatic hydroxyl groups is 1. The van der Waals surface area contributed by atoms with Crippen LogP contribution in [-0.2, 0) is 23.2 Å². The molecule has 3 N–H and O–H groups in total. The molecule has 0 rings (SSSR count). The molecule has 0 aliphatic heterocycles. The maximum absolute atomic E-state index is 12.8. The quantitative estimate of drug-likeness (QED) is 0.0151. The summed E-state index contributed by atoms with van der Waals surface area (Å²) in [6, 6.07) is -0.908. The smallest absolute Gasteiger partial charge is 0.387 e. The molecule has 3 atom stereocenters. The van der Waals surface area contributed by atoms with Gasteiger partial charge in [0, 0.05) is 12.8 Å². The number of aliphatic hydroxyl groups excluding tert-OH is 1. The predicted molar refractivity (Wildman–Crippen MR) is 208 cm³/mol. The average Bonchev–Trinajstić information content (AvgIpc) is 3.05. The summed E-state index contributed by atoms with van der Waals surface area (Å²) < 4.78 is 23.4. The molecule has 0 aromatic carbocycles. The van der Waals surface area contributed by atoms with Crippen LogP contribution >= 0.6 is 7.82 Å². The highest BCUT2D eigenvalue weighted by molar-refractivity contribution is 7.47. The van der Waals surface area contributed by atoms with Gasteiger partial charge in [0.2, 0.25) is 5.91 Å². The van der Waals surface area contributed by atoms with E-state index in [1.54, 1.807) is 12.2 Å². The average molecular weight is 726 g/mol. The number of hydrogen-bond acceptors (Lipinski definition) is 6. The van der Waals surface area contributed by atoms with Crippen LogP contribution in [0.3, 0.4) is 0 Å². The monoisotopic (exact) mass is 726 g/mol. The Balaban J connectivity index is 4.67. The lowest BCUT2D eigenvalue weighted by molar-refractivity contribution is -0.870. The van der Waals surface area contributed by atoms with Crippen molar-refractivity contribution in [3.63, 3.8) is 0 Å². The first-order valence-corrected chi connectivity index (χ1v) is 21.0. The Morgan fingerprint density at radius 2 is 1.28 bits per heavy atom. The van der Waals surface area contributed by atoms with E-state index in [1.807, 2.05) is 39.4 Å². The van der Waals surface area contributed by atoms with Crippen molar-refractivity contribution in [3.8, 4) is 0 Å². The predicted octanol–water partition coefficient (Wildman–Crippen LogP) is 9.31. The van der Waals surface area contributed by atoms with E-state index in [2.05, 4.69) is 37.4 Å². The van der Waals surface area contributed by atoms with Crippen LogP contribution in [-0.4, -0.2) is 79.2 Å². The van der Waals surface area contributed by atoms with E-state index in [0.717, 1.165) is 51.4 Å².